The highest BCUT2D eigenvalue weighted by Gasteiger charge is 2.28. The largest absolute Gasteiger partial charge is 0.497 e. The summed E-state index contributed by atoms with van der Waals surface area (Å²) in [7, 11) is 6.13. The van der Waals surface area contributed by atoms with Gasteiger partial charge in [-0.1, -0.05) is 18.7 Å². The number of hydrogen-bond donors (Lipinski definition) is 0. The highest BCUT2D eigenvalue weighted by Crippen LogP contribution is 2.47. The van der Waals surface area contributed by atoms with E-state index in [1.54, 1.807) is 26.4 Å². The highest BCUT2D eigenvalue weighted by molar-refractivity contribution is 6.09. The lowest BCUT2D eigenvalue weighted by atomic mass is 9.94. The second-order valence-electron chi connectivity index (χ2n) is 5.55. The van der Waals surface area contributed by atoms with Crippen molar-refractivity contribution >= 4 is 16.7 Å². The number of ether oxygens (including phenoxy) is 5. The molecule has 0 radical (unpaired) electrons. The molecule has 0 aliphatic rings. The molecule has 0 N–H and O–H groups in total. The molecule has 0 spiro atoms. The average molecular weight is 372 g/mol. The number of hydrogen-bond acceptors (Lipinski definition) is 6. The number of methoxy groups -OCH3 is 4. The molecule has 0 atom stereocenters. The van der Waals surface area contributed by atoms with E-state index in [1.165, 1.54) is 20.3 Å². The SMILES string of the molecule is C=CCOC(=O)c1c(CC=C)c(OC)c2cc(OC)cc(OC)c2c1OC. The van der Waals surface area contributed by atoms with E-state index in [9.17, 15) is 4.79 Å². The Morgan fingerprint density at radius 1 is 0.963 bits per heavy atom. The first-order valence-electron chi connectivity index (χ1n) is 8.29. The maximum Gasteiger partial charge on any atom is 0.342 e. The smallest absolute Gasteiger partial charge is 0.342 e. The van der Waals surface area contributed by atoms with E-state index in [0.717, 1.165) is 0 Å². The van der Waals surface area contributed by atoms with Gasteiger partial charge in [-0.05, 0) is 12.5 Å². The van der Waals surface area contributed by atoms with Crippen LogP contribution in [0.2, 0.25) is 0 Å². The minimum absolute atomic E-state index is 0.0790. The maximum absolute atomic E-state index is 12.8. The van der Waals surface area contributed by atoms with Crippen molar-refractivity contribution in [2.45, 2.75) is 6.42 Å². The summed E-state index contributed by atoms with van der Waals surface area (Å²) >= 11 is 0. The van der Waals surface area contributed by atoms with E-state index < -0.39 is 5.97 Å². The van der Waals surface area contributed by atoms with Crippen molar-refractivity contribution in [3.05, 3.63) is 48.6 Å². The molecule has 0 saturated carbocycles. The molecule has 0 amide bonds. The van der Waals surface area contributed by atoms with Crippen LogP contribution in [0.3, 0.4) is 0 Å². The van der Waals surface area contributed by atoms with Crippen LogP contribution in [0.15, 0.2) is 37.4 Å². The van der Waals surface area contributed by atoms with Crippen LogP contribution in [0.1, 0.15) is 15.9 Å². The van der Waals surface area contributed by atoms with Crippen molar-refractivity contribution in [3.8, 4) is 23.0 Å². The second kappa shape index (κ2) is 8.98. The molecule has 0 aromatic heterocycles. The zero-order chi connectivity index (χ0) is 20.0. The van der Waals surface area contributed by atoms with Crippen LogP contribution >= 0.6 is 0 Å². The van der Waals surface area contributed by atoms with Gasteiger partial charge in [0.15, 0.2) is 0 Å². The van der Waals surface area contributed by atoms with Crippen molar-refractivity contribution < 1.29 is 28.5 Å². The summed E-state index contributed by atoms with van der Waals surface area (Å²) < 4.78 is 27.5. The lowest BCUT2D eigenvalue weighted by molar-refractivity contribution is 0.0545. The summed E-state index contributed by atoms with van der Waals surface area (Å²) in [4.78, 5) is 12.8. The summed E-state index contributed by atoms with van der Waals surface area (Å²) in [6, 6.07) is 3.53. The van der Waals surface area contributed by atoms with E-state index in [1.807, 2.05) is 6.07 Å². The number of benzene rings is 2. The number of carbonyl (C=O) groups excluding carboxylic acids is 1. The Morgan fingerprint density at radius 2 is 1.67 bits per heavy atom. The molecule has 0 heterocycles. The van der Waals surface area contributed by atoms with E-state index >= 15 is 0 Å². The molecule has 0 bridgehead atoms. The molecule has 0 unspecified atom stereocenters. The van der Waals surface area contributed by atoms with Gasteiger partial charge in [0.1, 0.15) is 35.2 Å². The van der Waals surface area contributed by atoms with Gasteiger partial charge in [0, 0.05) is 17.0 Å². The van der Waals surface area contributed by atoms with Crippen molar-refractivity contribution in [3.63, 3.8) is 0 Å². The third-order valence-electron chi connectivity index (χ3n) is 4.10. The third kappa shape index (κ3) is 3.69. The van der Waals surface area contributed by atoms with Gasteiger partial charge in [0.25, 0.3) is 0 Å². The van der Waals surface area contributed by atoms with E-state index in [0.29, 0.717) is 45.8 Å². The zero-order valence-corrected chi connectivity index (χ0v) is 16.1. The van der Waals surface area contributed by atoms with E-state index in [-0.39, 0.29) is 12.2 Å². The third-order valence-corrected chi connectivity index (χ3v) is 4.10. The average Bonchev–Trinajstić information content (AvgIpc) is 2.70. The summed E-state index contributed by atoms with van der Waals surface area (Å²) in [5, 5.41) is 1.29. The van der Waals surface area contributed by atoms with Gasteiger partial charge in [-0.3, -0.25) is 0 Å². The highest BCUT2D eigenvalue weighted by atomic mass is 16.5. The lowest BCUT2D eigenvalue weighted by Crippen LogP contribution is -2.12. The number of allylic oxidation sites excluding steroid dienone is 1. The fourth-order valence-electron chi connectivity index (χ4n) is 3.02. The molecule has 6 heteroatoms. The monoisotopic (exact) mass is 372 g/mol. The first kappa shape index (κ1) is 20.2. The van der Waals surface area contributed by atoms with Gasteiger partial charge >= 0.3 is 5.97 Å². The summed E-state index contributed by atoms with van der Waals surface area (Å²) in [6.07, 6.45) is 3.57. The Balaban J connectivity index is 3.01. The number of rotatable bonds is 9. The number of esters is 1. The Morgan fingerprint density at radius 3 is 2.19 bits per heavy atom. The summed E-state index contributed by atoms with van der Waals surface area (Å²) in [6.45, 7) is 7.44. The molecule has 0 saturated heterocycles. The number of carbonyl (C=O) groups is 1. The molecule has 6 nitrogen and oxygen atoms in total. The van der Waals surface area contributed by atoms with Crippen molar-refractivity contribution in [2.24, 2.45) is 0 Å². The van der Waals surface area contributed by atoms with Crippen LogP contribution in [0.5, 0.6) is 23.0 Å². The molecule has 2 aromatic carbocycles. The molecule has 0 aliphatic carbocycles. The zero-order valence-electron chi connectivity index (χ0n) is 16.1. The maximum atomic E-state index is 12.8. The molecule has 2 aromatic rings. The Labute approximate surface area is 158 Å². The summed E-state index contributed by atoms with van der Waals surface area (Å²) in [5.41, 5.74) is 0.883. The predicted molar refractivity (Wildman–Crippen MR) is 105 cm³/mol. The fourth-order valence-corrected chi connectivity index (χ4v) is 3.02. The van der Waals surface area contributed by atoms with Crippen LogP contribution in [0, 0.1) is 0 Å². The predicted octanol–water partition coefficient (Wildman–Crippen LogP) is 3.95. The van der Waals surface area contributed by atoms with Crippen LogP contribution in [-0.4, -0.2) is 41.0 Å². The fraction of sp³-hybridized carbons (Fsp3) is 0.286. The van der Waals surface area contributed by atoms with Gasteiger partial charge < -0.3 is 23.7 Å². The minimum atomic E-state index is -0.540. The van der Waals surface area contributed by atoms with Gasteiger partial charge in [0.2, 0.25) is 0 Å². The Kier molecular flexibility index (Phi) is 6.71. The molecule has 2 rings (SSSR count). The topological polar surface area (TPSA) is 63.2 Å². The van der Waals surface area contributed by atoms with Crippen molar-refractivity contribution in [2.75, 3.05) is 35.0 Å². The van der Waals surface area contributed by atoms with Crippen LogP contribution < -0.4 is 18.9 Å². The van der Waals surface area contributed by atoms with Gasteiger partial charge in [-0.15, -0.1) is 6.58 Å². The van der Waals surface area contributed by atoms with Gasteiger partial charge in [-0.25, -0.2) is 4.79 Å². The lowest BCUT2D eigenvalue weighted by Gasteiger charge is -2.21. The first-order valence-corrected chi connectivity index (χ1v) is 8.29. The molecule has 0 fully saturated rings. The molecule has 144 valence electrons. The Bertz CT molecular complexity index is 869. The van der Waals surface area contributed by atoms with Crippen molar-refractivity contribution in [1.29, 1.82) is 0 Å². The summed E-state index contributed by atoms with van der Waals surface area (Å²) in [5.74, 6) is 1.39. The molecule has 27 heavy (non-hydrogen) atoms. The van der Waals surface area contributed by atoms with E-state index in [4.69, 9.17) is 23.7 Å². The number of fused-ring (bicyclic) bond motifs is 1. The first-order chi connectivity index (χ1) is 13.1. The quantitative estimate of drug-likeness (QED) is 0.491. The minimum Gasteiger partial charge on any atom is -0.497 e. The van der Waals surface area contributed by atoms with E-state index in [2.05, 4.69) is 13.2 Å². The van der Waals surface area contributed by atoms with Gasteiger partial charge in [-0.2, -0.15) is 0 Å². The van der Waals surface area contributed by atoms with Crippen LogP contribution in [0.4, 0.5) is 0 Å². The molecule has 0 aliphatic heterocycles. The van der Waals surface area contributed by atoms with Crippen LogP contribution in [0.25, 0.3) is 10.8 Å². The molecular formula is C21H24O6. The second-order valence-corrected chi connectivity index (χ2v) is 5.55. The van der Waals surface area contributed by atoms with Crippen molar-refractivity contribution in [1.82, 2.24) is 0 Å². The van der Waals surface area contributed by atoms with Crippen LogP contribution in [-0.2, 0) is 11.2 Å². The van der Waals surface area contributed by atoms with Gasteiger partial charge in [0.05, 0.1) is 33.8 Å². The standard InChI is InChI=1S/C21H24O6/c1-7-9-14-18(21(22)27-10-8-2)20(26-6)17-15(19(14)25-5)11-13(23-3)12-16(17)24-4/h7-8,11-12H,1-2,9-10H2,3-6H3. The Hall–Kier alpha value is -3.15. The normalized spacial score (nSPS) is 10.2. The molecular weight excluding hydrogens is 348 g/mol.